The van der Waals surface area contributed by atoms with E-state index in [1.807, 2.05) is 0 Å². The van der Waals surface area contributed by atoms with Gasteiger partial charge in [0.1, 0.15) is 16.6 Å². The predicted octanol–water partition coefficient (Wildman–Crippen LogP) is 3.50. The molecule has 0 aliphatic carbocycles. The lowest BCUT2D eigenvalue weighted by atomic mass is 10.1. The van der Waals surface area contributed by atoms with Crippen molar-refractivity contribution in [3.8, 4) is 0 Å². The molecule has 0 bridgehead atoms. The SMILES string of the molecule is NC(=S)c1ccc(NC(=O)c2cccc(F)c2Cl)c(F)c1. The van der Waals surface area contributed by atoms with Crippen molar-refractivity contribution in [2.75, 3.05) is 5.32 Å². The van der Waals surface area contributed by atoms with Crippen molar-refractivity contribution in [1.82, 2.24) is 0 Å². The van der Waals surface area contributed by atoms with Crippen LogP contribution in [0.5, 0.6) is 0 Å². The molecule has 0 atom stereocenters. The first-order valence-electron chi connectivity index (χ1n) is 5.75. The third kappa shape index (κ3) is 3.34. The second-order valence-electron chi connectivity index (χ2n) is 4.11. The molecule has 3 N–H and O–H groups in total. The maximum absolute atomic E-state index is 13.8. The summed E-state index contributed by atoms with van der Waals surface area (Å²) in [6.07, 6.45) is 0. The van der Waals surface area contributed by atoms with Gasteiger partial charge in [0, 0.05) is 5.56 Å². The van der Waals surface area contributed by atoms with Crippen LogP contribution in [-0.4, -0.2) is 10.9 Å². The Balaban J connectivity index is 2.28. The van der Waals surface area contributed by atoms with Gasteiger partial charge in [0.25, 0.3) is 5.91 Å². The number of halogens is 3. The van der Waals surface area contributed by atoms with Gasteiger partial charge in [0.2, 0.25) is 0 Å². The molecular formula is C14H9ClF2N2OS. The van der Waals surface area contributed by atoms with Gasteiger partial charge in [-0.3, -0.25) is 4.79 Å². The van der Waals surface area contributed by atoms with E-state index >= 15 is 0 Å². The van der Waals surface area contributed by atoms with Gasteiger partial charge in [-0.15, -0.1) is 0 Å². The Hall–Kier alpha value is -2.05. The Morgan fingerprint density at radius 3 is 2.52 bits per heavy atom. The molecule has 0 unspecified atom stereocenters. The maximum Gasteiger partial charge on any atom is 0.257 e. The number of anilines is 1. The molecule has 1 amide bonds. The summed E-state index contributed by atoms with van der Waals surface area (Å²) in [4.78, 5) is 12.0. The van der Waals surface area contributed by atoms with Crippen LogP contribution in [0.3, 0.4) is 0 Å². The highest BCUT2D eigenvalue weighted by molar-refractivity contribution is 7.80. The summed E-state index contributed by atoms with van der Waals surface area (Å²) in [5.41, 5.74) is 5.55. The summed E-state index contributed by atoms with van der Waals surface area (Å²) in [7, 11) is 0. The van der Waals surface area contributed by atoms with Gasteiger partial charge in [-0.1, -0.05) is 29.9 Å². The second-order valence-corrected chi connectivity index (χ2v) is 4.93. The Labute approximate surface area is 129 Å². The number of carbonyl (C=O) groups excluding carboxylic acids is 1. The van der Waals surface area contributed by atoms with E-state index < -0.39 is 17.5 Å². The lowest BCUT2D eigenvalue weighted by Crippen LogP contribution is -2.15. The van der Waals surface area contributed by atoms with Gasteiger partial charge in [-0.05, 0) is 30.3 Å². The second kappa shape index (κ2) is 6.15. The zero-order valence-electron chi connectivity index (χ0n) is 10.5. The van der Waals surface area contributed by atoms with E-state index in [1.165, 1.54) is 24.3 Å². The van der Waals surface area contributed by atoms with Crippen molar-refractivity contribution in [3.63, 3.8) is 0 Å². The van der Waals surface area contributed by atoms with Crippen LogP contribution in [0.1, 0.15) is 15.9 Å². The van der Waals surface area contributed by atoms with Crippen molar-refractivity contribution >= 4 is 40.4 Å². The largest absolute Gasteiger partial charge is 0.389 e. The number of benzene rings is 2. The first kappa shape index (κ1) is 15.3. The Kier molecular flexibility index (Phi) is 4.50. The molecule has 2 aromatic carbocycles. The van der Waals surface area contributed by atoms with Crippen molar-refractivity contribution in [2.24, 2.45) is 5.73 Å². The third-order valence-electron chi connectivity index (χ3n) is 2.70. The maximum atomic E-state index is 13.8. The number of hydrogen-bond acceptors (Lipinski definition) is 2. The van der Waals surface area contributed by atoms with Crippen LogP contribution in [-0.2, 0) is 0 Å². The first-order valence-corrected chi connectivity index (χ1v) is 6.53. The van der Waals surface area contributed by atoms with Crippen molar-refractivity contribution in [3.05, 3.63) is 64.2 Å². The van der Waals surface area contributed by atoms with Crippen LogP contribution >= 0.6 is 23.8 Å². The van der Waals surface area contributed by atoms with Crippen LogP contribution in [0.2, 0.25) is 5.02 Å². The molecule has 21 heavy (non-hydrogen) atoms. The van der Waals surface area contributed by atoms with Gasteiger partial charge in [-0.2, -0.15) is 0 Å². The Bertz CT molecular complexity index is 737. The minimum atomic E-state index is -0.728. The lowest BCUT2D eigenvalue weighted by molar-refractivity contribution is 0.102. The number of thiocarbonyl (C=S) groups is 1. The zero-order chi connectivity index (χ0) is 15.6. The van der Waals surface area contributed by atoms with E-state index in [1.54, 1.807) is 0 Å². The van der Waals surface area contributed by atoms with E-state index in [2.05, 4.69) is 5.32 Å². The molecular weight excluding hydrogens is 318 g/mol. The monoisotopic (exact) mass is 326 g/mol. The molecule has 108 valence electrons. The van der Waals surface area contributed by atoms with Crippen molar-refractivity contribution < 1.29 is 13.6 Å². The standard InChI is InChI=1S/C14H9ClF2N2OS/c15-12-8(2-1-3-9(12)16)14(20)19-11-5-4-7(13(18)21)6-10(11)17/h1-6H,(H2,18,21)(H,19,20). The minimum Gasteiger partial charge on any atom is -0.389 e. The summed E-state index contributed by atoms with van der Waals surface area (Å²) >= 11 is 10.4. The molecule has 0 aliphatic heterocycles. The van der Waals surface area contributed by atoms with E-state index in [0.29, 0.717) is 5.56 Å². The van der Waals surface area contributed by atoms with Crippen molar-refractivity contribution in [1.29, 1.82) is 0 Å². The molecule has 2 aromatic rings. The van der Waals surface area contributed by atoms with Crippen molar-refractivity contribution in [2.45, 2.75) is 0 Å². The van der Waals surface area contributed by atoms with Gasteiger partial charge >= 0.3 is 0 Å². The van der Waals surface area contributed by atoms with Crippen LogP contribution < -0.4 is 11.1 Å². The molecule has 0 radical (unpaired) electrons. The normalized spacial score (nSPS) is 10.2. The quantitative estimate of drug-likeness (QED) is 0.849. The summed E-state index contributed by atoms with van der Waals surface area (Å²) < 4.78 is 27.1. The lowest BCUT2D eigenvalue weighted by Gasteiger charge is -2.09. The van der Waals surface area contributed by atoms with E-state index in [-0.39, 0.29) is 21.3 Å². The fourth-order valence-electron chi connectivity index (χ4n) is 1.64. The van der Waals surface area contributed by atoms with E-state index in [9.17, 15) is 13.6 Å². The number of nitrogens with two attached hydrogens (primary N) is 1. The topological polar surface area (TPSA) is 55.1 Å². The summed E-state index contributed by atoms with van der Waals surface area (Å²) in [5, 5.41) is 1.99. The molecule has 7 heteroatoms. The summed E-state index contributed by atoms with van der Waals surface area (Å²) in [6, 6.07) is 7.68. The fraction of sp³-hybridized carbons (Fsp3) is 0. The molecule has 0 saturated heterocycles. The summed E-state index contributed by atoms with van der Waals surface area (Å²) in [6.45, 7) is 0. The number of amides is 1. The van der Waals surface area contributed by atoms with Gasteiger partial charge in [0.05, 0.1) is 16.3 Å². The van der Waals surface area contributed by atoms with Crippen LogP contribution in [0.25, 0.3) is 0 Å². The van der Waals surface area contributed by atoms with E-state index in [4.69, 9.17) is 29.6 Å². The average Bonchev–Trinajstić information content (AvgIpc) is 2.43. The Morgan fingerprint density at radius 2 is 1.90 bits per heavy atom. The number of hydrogen-bond donors (Lipinski definition) is 2. The number of nitrogens with one attached hydrogen (secondary N) is 1. The zero-order valence-corrected chi connectivity index (χ0v) is 12.1. The first-order chi connectivity index (χ1) is 9.90. The number of rotatable bonds is 3. The fourth-order valence-corrected chi connectivity index (χ4v) is 1.98. The highest BCUT2D eigenvalue weighted by Gasteiger charge is 2.15. The molecule has 0 aliphatic rings. The highest BCUT2D eigenvalue weighted by Crippen LogP contribution is 2.22. The smallest absolute Gasteiger partial charge is 0.257 e. The third-order valence-corrected chi connectivity index (χ3v) is 3.32. The van der Waals surface area contributed by atoms with Crippen LogP contribution in [0, 0.1) is 11.6 Å². The van der Waals surface area contributed by atoms with Gasteiger partial charge in [0.15, 0.2) is 0 Å². The molecule has 0 aromatic heterocycles. The molecule has 0 heterocycles. The number of carbonyl (C=O) groups is 1. The van der Waals surface area contributed by atoms with Gasteiger partial charge < -0.3 is 11.1 Å². The minimum absolute atomic E-state index is 0.0416. The van der Waals surface area contributed by atoms with Gasteiger partial charge in [-0.25, -0.2) is 8.78 Å². The predicted molar refractivity (Wildman–Crippen MR) is 81.7 cm³/mol. The Morgan fingerprint density at radius 1 is 1.19 bits per heavy atom. The highest BCUT2D eigenvalue weighted by atomic mass is 35.5. The molecule has 3 nitrogen and oxygen atoms in total. The summed E-state index contributed by atoms with van der Waals surface area (Å²) in [5.74, 6) is -2.16. The van der Waals surface area contributed by atoms with E-state index in [0.717, 1.165) is 12.1 Å². The molecule has 2 rings (SSSR count). The van der Waals surface area contributed by atoms with Crippen LogP contribution in [0.15, 0.2) is 36.4 Å². The molecule has 0 spiro atoms. The average molecular weight is 327 g/mol. The van der Waals surface area contributed by atoms with Crippen LogP contribution in [0.4, 0.5) is 14.5 Å². The molecule has 0 saturated carbocycles. The molecule has 0 fully saturated rings.